The van der Waals surface area contributed by atoms with Crippen LogP contribution in [0.3, 0.4) is 0 Å². The van der Waals surface area contributed by atoms with E-state index in [-0.39, 0.29) is 23.5 Å². The zero-order chi connectivity index (χ0) is 26.6. The molecule has 3 aliphatic rings. The molecule has 2 fully saturated rings. The minimum Gasteiger partial charge on any atom is -0.381 e. The molecule has 1 saturated carbocycles. The fourth-order valence-electron chi connectivity index (χ4n) is 5.72. The number of piperidine rings is 1. The fourth-order valence-corrected chi connectivity index (χ4v) is 7.20. The van der Waals surface area contributed by atoms with Gasteiger partial charge < -0.3 is 15.4 Å². The van der Waals surface area contributed by atoms with Crippen LogP contribution in [0.4, 0.5) is 5.69 Å². The third-order valence-electron chi connectivity index (χ3n) is 8.03. The number of nitrogens with zero attached hydrogens (tertiary/aromatic N) is 2. The Hall–Kier alpha value is -2.30. The number of nitrogens with one attached hydrogen (secondary N) is 2. The van der Waals surface area contributed by atoms with Gasteiger partial charge in [0.25, 0.3) is 5.91 Å². The molecule has 1 saturated heterocycles. The number of ether oxygens (including phenoxy) is 1. The van der Waals surface area contributed by atoms with Crippen LogP contribution >= 0.6 is 0 Å². The van der Waals surface area contributed by atoms with Gasteiger partial charge in [0.15, 0.2) is 0 Å². The van der Waals surface area contributed by atoms with Crippen LogP contribution < -0.4 is 10.6 Å². The van der Waals surface area contributed by atoms with E-state index in [2.05, 4.69) is 10.6 Å². The number of amidine groups is 1. The summed E-state index contributed by atoms with van der Waals surface area (Å²) in [5.41, 5.74) is 1.74. The zero-order valence-corrected chi connectivity index (χ0v) is 23.0. The minimum atomic E-state index is -3.47. The van der Waals surface area contributed by atoms with Gasteiger partial charge >= 0.3 is 0 Å². The molecule has 4 rings (SSSR count). The maximum absolute atomic E-state index is 13.1. The topological polar surface area (TPSA) is 117 Å². The molecule has 10 heteroatoms. The molecule has 0 unspecified atom stereocenters. The Balaban J connectivity index is 1.31. The van der Waals surface area contributed by atoms with Crippen molar-refractivity contribution in [3.05, 3.63) is 29.3 Å². The minimum absolute atomic E-state index is 0.00598. The number of hydrogen-bond donors (Lipinski definition) is 2. The first kappa shape index (κ1) is 27.7. The summed E-state index contributed by atoms with van der Waals surface area (Å²) < 4.78 is 33.3. The number of carbonyl (C=O) groups is 2. The molecule has 0 radical (unpaired) electrons. The van der Waals surface area contributed by atoms with E-state index >= 15 is 0 Å². The fraction of sp³-hybridized carbons (Fsp3) is 0.667. The normalized spacial score (nSPS) is 24.1. The molecule has 1 aromatic rings. The van der Waals surface area contributed by atoms with Gasteiger partial charge in [-0.3, -0.25) is 14.6 Å². The zero-order valence-electron chi connectivity index (χ0n) is 22.2. The van der Waals surface area contributed by atoms with E-state index in [9.17, 15) is 18.0 Å². The van der Waals surface area contributed by atoms with Crippen molar-refractivity contribution < 1.29 is 22.7 Å². The lowest BCUT2D eigenvalue weighted by atomic mass is 9.82. The van der Waals surface area contributed by atoms with Crippen molar-refractivity contribution in [2.75, 3.05) is 37.4 Å². The van der Waals surface area contributed by atoms with Crippen molar-refractivity contribution in [2.45, 2.75) is 71.3 Å². The number of sulfonamides is 1. The van der Waals surface area contributed by atoms with Crippen molar-refractivity contribution in [1.82, 2.24) is 9.62 Å². The molecule has 2 amide bonds. The van der Waals surface area contributed by atoms with Gasteiger partial charge in [-0.15, -0.1) is 0 Å². The molecule has 2 N–H and O–H groups in total. The molecule has 37 heavy (non-hydrogen) atoms. The number of anilines is 1. The second-order valence-electron chi connectivity index (χ2n) is 10.6. The molecule has 2 heterocycles. The van der Waals surface area contributed by atoms with Crippen molar-refractivity contribution in [2.24, 2.45) is 16.8 Å². The highest BCUT2D eigenvalue weighted by atomic mass is 32.2. The van der Waals surface area contributed by atoms with Crippen LogP contribution in [0.15, 0.2) is 23.2 Å². The summed E-state index contributed by atoms with van der Waals surface area (Å²) in [5, 5.41) is 5.79. The van der Waals surface area contributed by atoms with E-state index < -0.39 is 15.6 Å². The predicted molar refractivity (Wildman–Crippen MR) is 144 cm³/mol. The number of amides is 2. The number of rotatable bonds is 9. The molecule has 1 aromatic carbocycles. The van der Waals surface area contributed by atoms with Gasteiger partial charge in [-0.1, -0.05) is 6.07 Å². The standard InChI is InChI=1S/C27H40N4O5S/c1-4-36-18-21-5-7-23(8-6-21)25-29-26(33)27(30-25)12-14-31(15-13-27)37(34,35)16-11-22-9-10-24(17-19(22)2)28-20(3)32/h9-10,17,21,23H,4-8,11-16,18H2,1-3H3,(H,28,32)(H,29,30,33). The Kier molecular flexibility index (Phi) is 8.70. The molecule has 0 bridgehead atoms. The number of hydrogen-bond acceptors (Lipinski definition) is 6. The average Bonchev–Trinajstić information content (AvgIpc) is 3.17. The summed E-state index contributed by atoms with van der Waals surface area (Å²) >= 11 is 0. The monoisotopic (exact) mass is 532 g/mol. The van der Waals surface area contributed by atoms with Crippen molar-refractivity contribution in [1.29, 1.82) is 0 Å². The van der Waals surface area contributed by atoms with E-state index in [1.54, 1.807) is 6.07 Å². The van der Waals surface area contributed by atoms with Gasteiger partial charge in [0.05, 0.1) is 5.75 Å². The number of aryl methyl sites for hydroxylation is 2. The lowest BCUT2D eigenvalue weighted by molar-refractivity contribution is -0.125. The van der Waals surface area contributed by atoms with Gasteiger partial charge in [0, 0.05) is 44.8 Å². The second-order valence-corrected chi connectivity index (χ2v) is 12.7. The SMILES string of the molecule is CCOCC1CCC(C2=NC3(CCN(S(=O)(=O)CCc4ccc(NC(C)=O)cc4C)CC3)C(=O)N2)CC1. The maximum atomic E-state index is 13.1. The molecule has 204 valence electrons. The first-order chi connectivity index (χ1) is 17.6. The van der Waals surface area contributed by atoms with Crippen molar-refractivity contribution in [3.63, 3.8) is 0 Å². The van der Waals surface area contributed by atoms with Crippen LogP contribution in [0.1, 0.15) is 63.5 Å². The molecule has 0 atom stereocenters. The first-order valence-electron chi connectivity index (χ1n) is 13.5. The predicted octanol–water partition coefficient (Wildman–Crippen LogP) is 3.03. The Morgan fingerprint density at radius 3 is 2.54 bits per heavy atom. The van der Waals surface area contributed by atoms with Gasteiger partial charge in [0.1, 0.15) is 11.4 Å². The van der Waals surface area contributed by atoms with E-state index in [1.807, 2.05) is 26.0 Å². The Morgan fingerprint density at radius 2 is 1.92 bits per heavy atom. The van der Waals surface area contributed by atoms with Crippen LogP contribution in [-0.4, -0.2) is 68.0 Å². The van der Waals surface area contributed by atoms with E-state index in [1.165, 1.54) is 11.2 Å². The van der Waals surface area contributed by atoms with Crippen LogP contribution in [0.5, 0.6) is 0 Å². The van der Waals surface area contributed by atoms with Crippen LogP contribution in [0.2, 0.25) is 0 Å². The summed E-state index contributed by atoms with van der Waals surface area (Å²) in [6, 6.07) is 5.51. The van der Waals surface area contributed by atoms with Crippen LogP contribution in [-0.2, 0) is 30.8 Å². The van der Waals surface area contributed by atoms with E-state index in [0.717, 1.165) is 55.9 Å². The first-order valence-corrected chi connectivity index (χ1v) is 15.1. The molecular formula is C27H40N4O5S. The lowest BCUT2D eigenvalue weighted by Gasteiger charge is -2.34. The molecule has 2 aliphatic heterocycles. The molecule has 1 spiro atoms. The highest BCUT2D eigenvalue weighted by Crippen LogP contribution is 2.36. The average molecular weight is 533 g/mol. The molecule has 0 aromatic heterocycles. The van der Waals surface area contributed by atoms with Gasteiger partial charge in [-0.2, -0.15) is 0 Å². The molecule has 1 aliphatic carbocycles. The highest BCUT2D eigenvalue weighted by Gasteiger charge is 2.48. The largest absolute Gasteiger partial charge is 0.381 e. The second kappa shape index (κ2) is 11.6. The van der Waals surface area contributed by atoms with Crippen molar-refractivity contribution >= 4 is 33.4 Å². The molecule has 9 nitrogen and oxygen atoms in total. The van der Waals surface area contributed by atoms with Crippen LogP contribution in [0, 0.1) is 18.8 Å². The number of benzene rings is 1. The summed E-state index contributed by atoms with van der Waals surface area (Å²) in [6.45, 7) is 7.53. The third kappa shape index (κ3) is 6.59. The van der Waals surface area contributed by atoms with Gasteiger partial charge in [-0.05, 0) is 88.0 Å². The number of aliphatic imine (C=N–C) groups is 1. The molecular weight excluding hydrogens is 492 g/mol. The Morgan fingerprint density at radius 1 is 1.22 bits per heavy atom. The van der Waals surface area contributed by atoms with E-state index in [0.29, 0.717) is 44.0 Å². The highest BCUT2D eigenvalue weighted by molar-refractivity contribution is 7.89. The van der Waals surface area contributed by atoms with Crippen LogP contribution in [0.25, 0.3) is 0 Å². The third-order valence-corrected chi connectivity index (χ3v) is 9.90. The Labute approximate surface area is 220 Å². The summed E-state index contributed by atoms with van der Waals surface area (Å²) in [4.78, 5) is 29.1. The van der Waals surface area contributed by atoms with Gasteiger partial charge in [0.2, 0.25) is 15.9 Å². The number of carbonyl (C=O) groups excluding carboxylic acids is 2. The maximum Gasteiger partial charge on any atom is 0.253 e. The van der Waals surface area contributed by atoms with Crippen molar-refractivity contribution in [3.8, 4) is 0 Å². The summed E-state index contributed by atoms with van der Waals surface area (Å²) in [5.74, 6) is 1.43. The van der Waals surface area contributed by atoms with Gasteiger partial charge in [-0.25, -0.2) is 12.7 Å². The summed E-state index contributed by atoms with van der Waals surface area (Å²) in [7, 11) is -3.47. The van der Waals surface area contributed by atoms with E-state index in [4.69, 9.17) is 9.73 Å². The smallest absolute Gasteiger partial charge is 0.253 e. The Bertz CT molecular complexity index is 1130. The lowest BCUT2D eigenvalue weighted by Crippen LogP contribution is -2.51. The quantitative estimate of drug-likeness (QED) is 0.507. The summed E-state index contributed by atoms with van der Waals surface area (Å²) in [6.07, 6.45) is 5.36.